The molecule has 0 saturated carbocycles. The number of aryl methyl sites for hydroxylation is 1. The second-order valence-corrected chi connectivity index (χ2v) is 2.88. The van der Waals surface area contributed by atoms with Gasteiger partial charge in [0.25, 0.3) is 0 Å². The van der Waals surface area contributed by atoms with Crippen LogP contribution in [0, 0.1) is 12.3 Å². The molecule has 1 N–H and O–H groups in total. The van der Waals surface area contributed by atoms with Gasteiger partial charge >= 0.3 is 5.97 Å². The predicted molar refractivity (Wildman–Crippen MR) is 52.7 cm³/mol. The Balaban J connectivity index is 2.81. The summed E-state index contributed by atoms with van der Waals surface area (Å²) < 4.78 is 0. The van der Waals surface area contributed by atoms with Crippen LogP contribution in [0.4, 0.5) is 0 Å². The molecule has 0 unspecified atom stereocenters. The maximum absolute atomic E-state index is 10.5. The Hall–Kier alpha value is -1.82. The van der Waals surface area contributed by atoms with E-state index in [2.05, 4.69) is 10.9 Å². The van der Waals surface area contributed by atoms with E-state index in [4.69, 9.17) is 11.5 Å². The minimum Gasteiger partial charge on any atom is -0.481 e. The number of pyridine rings is 1. The van der Waals surface area contributed by atoms with Crippen LogP contribution in [0.2, 0.25) is 0 Å². The summed E-state index contributed by atoms with van der Waals surface area (Å²) in [5.74, 6) is 1.66. The Labute approximate surface area is 82.8 Å². The van der Waals surface area contributed by atoms with Gasteiger partial charge in [0.15, 0.2) is 0 Å². The van der Waals surface area contributed by atoms with Crippen molar-refractivity contribution in [2.45, 2.75) is 19.3 Å². The van der Waals surface area contributed by atoms with Gasteiger partial charge in [0.2, 0.25) is 0 Å². The van der Waals surface area contributed by atoms with E-state index in [-0.39, 0.29) is 6.42 Å². The largest absolute Gasteiger partial charge is 0.481 e. The first-order valence-electron chi connectivity index (χ1n) is 4.32. The number of hydrogen-bond acceptors (Lipinski definition) is 2. The van der Waals surface area contributed by atoms with Crippen LogP contribution in [0.15, 0.2) is 18.3 Å². The van der Waals surface area contributed by atoms with Crippen molar-refractivity contribution >= 4 is 5.97 Å². The number of terminal acetylenes is 1. The molecule has 1 aromatic rings. The number of carbonyl (C=O) groups is 1. The van der Waals surface area contributed by atoms with Crippen LogP contribution in [-0.4, -0.2) is 16.1 Å². The first-order valence-corrected chi connectivity index (χ1v) is 4.32. The minimum atomic E-state index is -0.847. The molecule has 0 aliphatic carbocycles. The highest BCUT2D eigenvalue weighted by Gasteiger charge is 2.06. The van der Waals surface area contributed by atoms with Gasteiger partial charge < -0.3 is 5.11 Å². The monoisotopic (exact) mass is 189 g/mol. The first kappa shape index (κ1) is 10.3. The molecule has 72 valence electrons. The van der Waals surface area contributed by atoms with Gasteiger partial charge in [0.05, 0.1) is 6.42 Å². The van der Waals surface area contributed by atoms with Crippen molar-refractivity contribution in [3.8, 4) is 12.3 Å². The lowest BCUT2D eigenvalue weighted by molar-refractivity contribution is -0.136. The lowest BCUT2D eigenvalue weighted by Gasteiger charge is -2.03. The number of hydrogen-bond donors (Lipinski definition) is 1. The Morgan fingerprint density at radius 1 is 1.64 bits per heavy atom. The number of carboxylic acids is 1. The summed E-state index contributed by atoms with van der Waals surface area (Å²) in [6, 6.07) is 3.50. The van der Waals surface area contributed by atoms with Crippen molar-refractivity contribution in [2.24, 2.45) is 0 Å². The Morgan fingerprint density at radius 3 is 3.07 bits per heavy atom. The van der Waals surface area contributed by atoms with Gasteiger partial charge in [-0.05, 0) is 11.6 Å². The second-order valence-electron chi connectivity index (χ2n) is 2.88. The average molecular weight is 189 g/mol. The zero-order chi connectivity index (χ0) is 10.4. The van der Waals surface area contributed by atoms with Crippen molar-refractivity contribution < 1.29 is 9.90 Å². The molecule has 0 spiro atoms. The van der Waals surface area contributed by atoms with Crippen molar-refractivity contribution in [3.05, 3.63) is 29.6 Å². The van der Waals surface area contributed by atoms with Gasteiger partial charge in [-0.1, -0.05) is 6.07 Å². The van der Waals surface area contributed by atoms with E-state index in [1.165, 1.54) is 0 Å². The Morgan fingerprint density at radius 2 is 2.43 bits per heavy atom. The maximum Gasteiger partial charge on any atom is 0.307 e. The molecule has 3 nitrogen and oxygen atoms in total. The van der Waals surface area contributed by atoms with E-state index in [0.29, 0.717) is 12.8 Å². The molecule has 0 amide bonds. The van der Waals surface area contributed by atoms with Crippen LogP contribution < -0.4 is 0 Å². The minimum absolute atomic E-state index is 0.00768. The van der Waals surface area contributed by atoms with Crippen LogP contribution in [0.3, 0.4) is 0 Å². The van der Waals surface area contributed by atoms with Gasteiger partial charge in [-0.15, -0.1) is 12.3 Å². The van der Waals surface area contributed by atoms with E-state index < -0.39 is 5.97 Å². The SMILES string of the molecule is C#CCCc1ncccc1CC(=O)O. The summed E-state index contributed by atoms with van der Waals surface area (Å²) >= 11 is 0. The Bertz CT molecular complexity index is 366. The topological polar surface area (TPSA) is 50.2 Å². The average Bonchev–Trinajstić information content (AvgIpc) is 2.16. The van der Waals surface area contributed by atoms with Gasteiger partial charge in [-0.2, -0.15) is 0 Å². The molecule has 0 atom stereocenters. The van der Waals surface area contributed by atoms with Gasteiger partial charge in [-0.25, -0.2) is 0 Å². The lowest BCUT2D eigenvalue weighted by atomic mass is 10.1. The summed E-state index contributed by atoms with van der Waals surface area (Å²) in [6.45, 7) is 0. The van der Waals surface area contributed by atoms with Gasteiger partial charge in [-0.3, -0.25) is 9.78 Å². The molecular weight excluding hydrogens is 178 g/mol. The number of nitrogens with zero attached hydrogens (tertiary/aromatic N) is 1. The molecule has 0 aliphatic heterocycles. The van der Waals surface area contributed by atoms with E-state index >= 15 is 0 Å². The van der Waals surface area contributed by atoms with E-state index in [9.17, 15) is 4.79 Å². The van der Waals surface area contributed by atoms with Crippen molar-refractivity contribution in [2.75, 3.05) is 0 Å². The molecule has 3 heteroatoms. The van der Waals surface area contributed by atoms with Crippen LogP contribution in [0.25, 0.3) is 0 Å². The standard InChI is InChI=1S/C11H11NO2/c1-2-3-6-10-9(8-11(13)14)5-4-7-12-10/h1,4-5,7H,3,6,8H2,(H,13,14). The summed E-state index contributed by atoms with van der Waals surface area (Å²) in [6.07, 6.45) is 8.02. The van der Waals surface area contributed by atoms with Crippen LogP contribution in [-0.2, 0) is 17.6 Å². The fourth-order valence-corrected chi connectivity index (χ4v) is 1.21. The normalized spacial score (nSPS) is 9.36. The quantitative estimate of drug-likeness (QED) is 0.726. The second kappa shape index (κ2) is 5.03. The zero-order valence-electron chi connectivity index (χ0n) is 7.73. The van der Waals surface area contributed by atoms with E-state index in [1.54, 1.807) is 18.3 Å². The fourth-order valence-electron chi connectivity index (χ4n) is 1.21. The lowest BCUT2D eigenvalue weighted by Crippen LogP contribution is -2.05. The number of rotatable bonds is 4. The van der Waals surface area contributed by atoms with Gasteiger partial charge in [0, 0.05) is 24.7 Å². The maximum atomic E-state index is 10.5. The summed E-state index contributed by atoms with van der Waals surface area (Å²) in [7, 11) is 0. The van der Waals surface area contributed by atoms with Crippen LogP contribution in [0.5, 0.6) is 0 Å². The Kier molecular flexibility index (Phi) is 3.69. The highest BCUT2D eigenvalue weighted by Crippen LogP contribution is 2.08. The fraction of sp³-hybridized carbons (Fsp3) is 0.273. The molecule has 0 bridgehead atoms. The van der Waals surface area contributed by atoms with Gasteiger partial charge in [0.1, 0.15) is 0 Å². The van der Waals surface area contributed by atoms with Crippen molar-refractivity contribution in [1.82, 2.24) is 4.98 Å². The predicted octanol–water partition coefficient (Wildman–Crippen LogP) is 1.27. The molecule has 0 fully saturated rings. The molecule has 0 aliphatic rings. The molecule has 1 rings (SSSR count). The third kappa shape index (κ3) is 2.91. The molecule has 1 heterocycles. The van der Waals surface area contributed by atoms with Crippen molar-refractivity contribution in [3.63, 3.8) is 0 Å². The zero-order valence-corrected chi connectivity index (χ0v) is 7.73. The molecule has 1 aromatic heterocycles. The van der Waals surface area contributed by atoms with E-state index in [1.807, 2.05) is 0 Å². The number of carboxylic acid groups (broad SMARTS) is 1. The number of aromatic nitrogens is 1. The molecule has 14 heavy (non-hydrogen) atoms. The van der Waals surface area contributed by atoms with Crippen LogP contribution >= 0.6 is 0 Å². The molecule has 0 radical (unpaired) electrons. The number of aliphatic carboxylic acids is 1. The summed E-state index contributed by atoms with van der Waals surface area (Å²) in [5.41, 5.74) is 1.53. The third-order valence-corrected chi connectivity index (χ3v) is 1.83. The van der Waals surface area contributed by atoms with Crippen molar-refractivity contribution in [1.29, 1.82) is 0 Å². The molecule has 0 saturated heterocycles. The molecule has 0 aromatic carbocycles. The van der Waals surface area contributed by atoms with Crippen LogP contribution in [0.1, 0.15) is 17.7 Å². The third-order valence-electron chi connectivity index (χ3n) is 1.83. The summed E-state index contributed by atoms with van der Waals surface area (Å²) in [5, 5.41) is 8.65. The van der Waals surface area contributed by atoms with E-state index in [0.717, 1.165) is 11.3 Å². The first-order chi connectivity index (χ1) is 6.74. The highest BCUT2D eigenvalue weighted by atomic mass is 16.4. The smallest absolute Gasteiger partial charge is 0.307 e. The summed E-state index contributed by atoms with van der Waals surface area (Å²) in [4.78, 5) is 14.6. The molecular formula is C11H11NO2. The highest BCUT2D eigenvalue weighted by molar-refractivity contribution is 5.70.